The van der Waals surface area contributed by atoms with Gasteiger partial charge in [-0.3, -0.25) is 71.0 Å². The molecule has 0 aromatic carbocycles. The van der Waals surface area contributed by atoms with Crippen molar-refractivity contribution in [2.45, 2.75) is 343 Å². The molecule has 20 atom stereocenters. The van der Waals surface area contributed by atoms with Gasteiger partial charge in [0, 0.05) is 109 Å². The molecule has 0 aliphatic carbocycles. The Labute approximate surface area is 759 Å². The Bertz CT molecular complexity index is 5390. The number of aliphatic hydroxyl groups excluding tert-OH is 4. The number of nitrogens with one attached hydrogen (secondary N) is 3. The van der Waals surface area contributed by atoms with Crippen LogP contribution in [0.1, 0.15) is 223 Å². The number of ether oxygens (including phenoxy) is 18. The Morgan fingerprint density at radius 1 is 0.383 bits per heavy atom. The predicted octanol–water partition coefficient (Wildman–Crippen LogP) is 0.515. The number of rotatable bonds is 21. The lowest BCUT2D eigenvalue weighted by Gasteiger charge is -2.25. The summed E-state index contributed by atoms with van der Waals surface area (Å²) in [6.45, 7) is 30.7. The lowest BCUT2D eigenvalue weighted by Crippen LogP contribution is -2.38. The fourth-order valence-corrected chi connectivity index (χ4v) is 15.5. The van der Waals surface area contributed by atoms with Crippen LogP contribution >= 0.6 is 0 Å². The molecule has 14 N–H and O–H groups in total. The van der Waals surface area contributed by atoms with E-state index in [9.17, 15) is 82.4 Å². The Balaban J connectivity index is 0.000000201. The molecular formula is C82H119N15O36. The molecule has 14 heterocycles. The highest BCUT2D eigenvalue weighted by molar-refractivity contribution is 5.89. The highest BCUT2D eigenvalue weighted by atomic mass is 16.8. The number of aromatic amines is 1. The minimum absolute atomic E-state index is 0. The first kappa shape index (κ1) is 107. The van der Waals surface area contributed by atoms with E-state index in [0.717, 1.165) is 11.0 Å². The molecule has 51 heteroatoms. The molecule has 5 unspecified atom stereocenters. The first-order valence-electron chi connectivity index (χ1n) is 42.2. The van der Waals surface area contributed by atoms with Crippen LogP contribution in [-0.2, 0) is 157 Å². The number of esters is 6. The lowest BCUT2D eigenvalue weighted by atomic mass is 10.1. The number of nitrogens with two attached hydrogens (primary N) is 2. The first-order chi connectivity index (χ1) is 61.8. The summed E-state index contributed by atoms with van der Waals surface area (Å²) < 4.78 is 106. The van der Waals surface area contributed by atoms with Crippen LogP contribution in [0.3, 0.4) is 0 Å². The number of aliphatic hydroxyl groups is 4. The second-order valence-corrected chi connectivity index (χ2v) is 33.2. The normalized spacial score (nSPS) is 28.0. The molecule has 738 valence electrons. The SMILES string of the molecule is CC(=O)Nc1nc(=O)n([C@@H]2O[C@H](CO)[C@H](O)C2O)cc1COC(C)=O.CC(=O)OC(C)=O.CC[C@H]1O[C@@H](n2cc(CO)c(N)nc2=O)C2OC(C)(C)O[C@H]21.CC[C@H]1O[C@@H](n2cc(COC(C)=O)c(=O)[nH]c2=O)C2OC(C)(C)O[C@H]21.CC[C@H]1O[C@@H](n2cc(COC(C)=O)c(N)nc2=O)C2OC(C)(C)O[C@H]21.CC[C@H]1O[C@@H](n2cc(COC(C)=O)c(NC(C)=O)nc2=O)C2OC(C)(C)O[C@H]21.N. The van der Waals surface area contributed by atoms with E-state index in [2.05, 4.69) is 40.3 Å². The number of anilines is 4. The van der Waals surface area contributed by atoms with E-state index in [1.165, 1.54) is 105 Å². The van der Waals surface area contributed by atoms with Crippen molar-refractivity contribution in [3.05, 3.63) is 122 Å². The van der Waals surface area contributed by atoms with Crippen molar-refractivity contribution >= 4 is 70.9 Å². The molecule has 0 saturated carbocycles. The number of aromatic nitrogens is 10. The molecule has 2 amide bonds. The van der Waals surface area contributed by atoms with Gasteiger partial charge in [0.15, 0.2) is 54.3 Å². The Morgan fingerprint density at radius 2 is 0.654 bits per heavy atom. The minimum atomic E-state index is -1.48. The topological polar surface area (TPSA) is 689 Å². The van der Waals surface area contributed by atoms with Gasteiger partial charge in [0.2, 0.25) is 11.8 Å². The van der Waals surface area contributed by atoms with Crippen molar-refractivity contribution in [2.24, 2.45) is 0 Å². The zero-order valence-corrected chi connectivity index (χ0v) is 77.2. The zero-order valence-electron chi connectivity index (χ0n) is 77.2. The van der Waals surface area contributed by atoms with Gasteiger partial charge in [0.05, 0.1) is 43.2 Å². The molecule has 9 aliphatic heterocycles. The van der Waals surface area contributed by atoms with E-state index in [-0.39, 0.29) is 122 Å². The van der Waals surface area contributed by atoms with Gasteiger partial charge < -0.3 is 134 Å². The fraction of sp³-hybridized carbons (Fsp3) is 0.659. The average molecular weight is 1890 g/mol. The van der Waals surface area contributed by atoms with Gasteiger partial charge in [-0.1, -0.05) is 27.7 Å². The number of hydrogen-bond donors (Lipinski definition) is 10. The van der Waals surface area contributed by atoms with E-state index in [0.29, 0.717) is 36.0 Å². The van der Waals surface area contributed by atoms with Crippen LogP contribution < -0.4 is 62.3 Å². The molecule has 14 rings (SSSR count). The number of nitrogen functional groups attached to an aromatic ring is 2. The van der Waals surface area contributed by atoms with E-state index in [1.807, 2.05) is 69.2 Å². The standard InChI is InChI=1S/C18H25N3O7.C16H23N3O6.C16H22N2O7.C14H19N3O8.C14H21N3O5.C4H6O3.H3N/c1-6-12-13-14(28-18(4,5)27-13)16(26-12)21-7-11(8-25-10(3)23)15(19-9(2)22)20-17(21)24;1-5-10-11-12(25-16(3,4)24-11)14(23-10)19-6-9(7-22-8(2)20)13(17)18-15(19)21;1-5-10-11-12(25-16(3,4)24-11)14(23-10)18-6-9(7-22-8(2)19)13(20)17-15(18)21;1-6(19)15-12-8(5-24-7(2)20)3-17(14(23)16-12)13-11(22)10(21)9(4-18)25-13;1-4-8-9-10(22-14(2,3)21-9)12(20-8)17-5-7(6-18)11(15)16-13(17)19;1-3(5)7-4(2)6;/h7,12-14,16H,6,8H2,1-5H3,(H,19,20,22,24);6,10-12,14H,5,7H2,1-4H3,(H2,17,18,21);6,10-12,14H,5,7H2,1-4H3,(H,17,20,21);3,9-11,13,18,21-22H,4-5H2,1-2H3,(H,15,16,19,23);5,8-10,12,18H,4,6H2,1-3H3,(H2,15,16,19);1-2H3;1H3/t12-,13+,14?,16-;2*10-,11+,12?,14-;9-,10+,11?,13-;8-,9+,10?,12-;;/m11111../s1. The summed E-state index contributed by atoms with van der Waals surface area (Å²) in [5.41, 5.74) is 9.07. The van der Waals surface area contributed by atoms with Crippen LogP contribution in [0, 0.1) is 0 Å². The molecule has 51 nitrogen and oxygen atoms in total. The third-order valence-electron chi connectivity index (χ3n) is 21.0. The Kier molecular flexibility index (Phi) is 36.3. The van der Waals surface area contributed by atoms with Crippen LogP contribution in [-0.4, -0.2) is 237 Å². The molecule has 9 saturated heterocycles. The average Bonchev–Trinajstić information content (AvgIpc) is 1.62. The molecule has 133 heavy (non-hydrogen) atoms. The maximum Gasteiger partial charge on any atom is 0.351 e. The van der Waals surface area contributed by atoms with Crippen molar-refractivity contribution < 1.29 is 144 Å². The molecular weight excluding hydrogens is 1770 g/mol. The molecule has 0 spiro atoms. The number of carbonyl (C=O) groups is 8. The zero-order chi connectivity index (χ0) is 98.0. The maximum atomic E-state index is 12.7. The van der Waals surface area contributed by atoms with E-state index >= 15 is 0 Å². The number of fused-ring (bicyclic) bond motifs is 4. The van der Waals surface area contributed by atoms with Gasteiger partial charge in [-0.25, -0.2) is 24.0 Å². The van der Waals surface area contributed by atoms with Crippen molar-refractivity contribution in [1.29, 1.82) is 0 Å². The number of carbonyl (C=O) groups excluding carboxylic acids is 8. The van der Waals surface area contributed by atoms with Crippen LogP contribution in [0.25, 0.3) is 0 Å². The van der Waals surface area contributed by atoms with Crippen molar-refractivity contribution in [3.63, 3.8) is 0 Å². The van der Waals surface area contributed by atoms with E-state index < -0.39 is 185 Å². The van der Waals surface area contributed by atoms with E-state index in [1.54, 1.807) is 13.8 Å². The molecule has 0 bridgehead atoms. The van der Waals surface area contributed by atoms with Crippen molar-refractivity contribution in [3.8, 4) is 0 Å². The fourth-order valence-electron chi connectivity index (χ4n) is 15.5. The number of H-pyrrole nitrogens is 1. The third kappa shape index (κ3) is 26.8. The molecule has 5 aromatic rings. The first-order valence-corrected chi connectivity index (χ1v) is 42.2. The van der Waals surface area contributed by atoms with Crippen molar-refractivity contribution in [2.75, 3.05) is 28.7 Å². The minimum Gasteiger partial charge on any atom is -0.461 e. The van der Waals surface area contributed by atoms with Crippen LogP contribution in [0.2, 0.25) is 0 Å². The van der Waals surface area contributed by atoms with Crippen LogP contribution in [0.15, 0.2) is 59.8 Å². The highest BCUT2D eigenvalue weighted by Gasteiger charge is 2.60. The second kappa shape index (κ2) is 44.9. The smallest absolute Gasteiger partial charge is 0.351 e. The van der Waals surface area contributed by atoms with Gasteiger partial charge in [0.1, 0.15) is 117 Å². The van der Waals surface area contributed by atoms with E-state index in [4.69, 9.17) is 97.1 Å². The summed E-state index contributed by atoms with van der Waals surface area (Å²) in [7, 11) is 0. The highest BCUT2D eigenvalue weighted by Crippen LogP contribution is 2.48. The summed E-state index contributed by atoms with van der Waals surface area (Å²) in [5, 5.41) is 43.1. The van der Waals surface area contributed by atoms with Crippen LogP contribution in [0.5, 0.6) is 0 Å². The number of amides is 2. The van der Waals surface area contributed by atoms with Gasteiger partial charge in [-0.15, -0.1) is 0 Å². The molecule has 9 fully saturated rings. The van der Waals surface area contributed by atoms with Gasteiger partial charge >= 0.3 is 64.3 Å². The summed E-state index contributed by atoms with van der Waals surface area (Å²) in [5.74, 6) is -7.12. The Hall–Kier alpha value is -11.0. The summed E-state index contributed by atoms with van der Waals surface area (Å²) in [4.78, 5) is 177. The summed E-state index contributed by atoms with van der Waals surface area (Å²) in [6, 6.07) is 0. The Morgan fingerprint density at radius 3 is 0.947 bits per heavy atom. The molecule has 5 aromatic heterocycles. The third-order valence-corrected chi connectivity index (χ3v) is 21.0. The quantitative estimate of drug-likeness (QED) is 0.0272. The maximum absolute atomic E-state index is 12.7. The largest absolute Gasteiger partial charge is 0.461 e. The lowest BCUT2D eigenvalue weighted by molar-refractivity contribution is -0.197. The second-order valence-electron chi connectivity index (χ2n) is 33.2. The number of hydrogen-bond acceptors (Lipinski definition) is 43. The number of nitrogens with zero attached hydrogens (tertiary/aromatic N) is 9. The predicted molar refractivity (Wildman–Crippen MR) is 453 cm³/mol. The van der Waals surface area contributed by atoms with Gasteiger partial charge in [-0.05, 0) is 81.1 Å². The van der Waals surface area contributed by atoms with Crippen LogP contribution in [0.4, 0.5) is 23.3 Å². The monoisotopic (exact) mass is 1890 g/mol. The summed E-state index contributed by atoms with van der Waals surface area (Å²) >= 11 is 0. The van der Waals surface area contributed by atoms with Gasteiger partial charge in [-0.2, -0.15) is 19.9 Å². The summed E-state index contributed by atoms with van der Waals surface area (Å²) in [6.07, 6.45) is -2.05. The molecule has 9 aliphatic rings. The van der Waals surface area contributed by atoms with Crippen molar-refractivity contribution in [1.82, 2.24) is 53.9 Å². The van der Waals surface area contributed by atoms with Gasteiger partial charge in [0.25, 0.3) is 5.56 Å². The molecule has 0 radical (unpaired) electrons.